The van der Waals surface area contributed by atoms with Gasteiger partial charge in [0.15, 0.2) is 5.01 Å². The highest BCUT2D eigenvalue weighted by Crippen LogP contribution is 2.35. The zero-order chi connectivity index (χ0) is 19.5. The van der Waals surface area contributed by atoms with Crippen molar-refractivity contribution in [2.75, 3.05) is 11.9 Å². The van der Waals surface area contributed by atoms with Crippen LogP contribution in [0, 0.1) is 0 Å². The summed E-state index contributed by atoms with van der Waals surface area (Å²) in [6.45, 7) is 7.17. The molecule has 26 heavy (non-hydrogen) atoms. The van der Waals surface area contributed by atoms with Gasteiger partial charge < -0.3 is 15.7 Å². The van der Waals surface area contributed by atoms with Gasteiger partial charge in [0, 0.05) is 35.1 Å². The van der Waals surface area contributed by atoms with Gasteiger partial charge in [-0.1, -0.05) is 0 Å². The third-order valence-electron chi connectivity index (χ3n) is 3.29. The second kappa shape index (κ2) is 8.05. The molecule has 9 heteroatoms. The first-order valence-electron chi connectivity index (χ1n) is 8.05. The first kappa shape index (κ1) is 20.2. The number of rotatable bonds is 6. The highest BCUT2D eigenvalue weighted by atomic mass is 32.1. The third-order valence-corrected chi connectivity index (χ3v) is 4.32. The van der Waals surface area contributed by atoms with Crippen molar-refractivity contribution in [2.45, 2.75) is 45.7 Å². The number of hydrogen-bond donors (Lipinski definition) is 3. The van der Waals surface area contributed by atoms with Crippen molar-refractivity contribution in [1.29, 1.82) is 0 Å². The van der Waals surface area contributed by atoms with Crippen LogP contribution in [0.25, 0.3) is 10.4 Å². The van der Waals surface area contributed by atoms with Crippen LogP contribution in [0.15, 0.2) is 18.5 Å². The largest absolute Gasteiger partial charge is 0.394 e. The molecule has 2 heterocycles. The highest BCUT2D eigenvalue weighted by Gasteiger charge is 2.21. The molecule has 6 nitrogen and oxygen atoms in total. The molecule has 2 aromatic heterocycles. The van der Waals surface area contributed by atoms with Crippen molar-refractivity contribution in [2.24, 2.45) is 0 Å². The van der Waals surface area contributed by atoms with Gasteiger partial charge >= 0.3 is 0 Å². The Morgan fingerprint density at radius 2 is 2.00 bits per heavy atom. The molecule has 0 fully saturated rings. The van der Waals surface area contributed by atoms with Crippen LogP contribution in [0.3, 0.4) is 0 Å². The normalized spacial score (nSPS) is 12.9. The van der Waals surface area contributed by atoms with E-state index < -0.39 is 18.4 Å². The molecule has 1 amide bonds. The number of anilines is 1. The average molecular weight is 384 g/mol. The summed E-state index contributed by atoms with van der Waals surface area (Å²) in [5.74, 6) is -0.101. The van der Waals surface area contributed by atoms with Gasteiger partial charge in [-0.15, -0.1) is 11.3 Å². The summed E-state index contributed by atoms with van der Waals surface area (Å²) in [7, 11) is 0. The van der Waals surface area contributed by atoms with Crippen molar-refractivity contribution in [1.82, 2.24) is 15.3 Å². The molecular formula is C17H22F2N4O2S. The fourth-order valence-electron chi connectivity index (χ4n) is 2.14. The van der Waals surface area contributed by atoms with Crippen molar-refractivity contribution >= 4 is 23.1 Å². The van der Waals surface area contributed by atoms with Gasteiger partial charge in [-0.2, -0.15) is 0 Å². The van der Waals surface area contributed by atoms with Crippen LogP contribution in [0.2, 0.25) is 0 Å². The maximum atomic E-state index is 13.5. The Kier molecular flexibility index (Phi) is 6.25. The lowest BCUT2D eigenvalue weighted by Gasteiger charge is -2.22. The topological polar surface area (TPSA) is 87.1 Å². The highest BCUT2D eigenvalue weighted by molar-refractivity contribution is 7.17. The maximum absolute atomic E-state index is 13.5. The zero-order valence-electron chi connectivity index (χ0n) is 15.0. The van der Waals surface area contributed by atoms with Crippen molar-refractivity contribution < 1.29 is 18.7 Å². The Hall–Kier alpha value is -2.13. The van der Waals surface area contributed by atoms with Gasteiger partial charge in [0.2, 0.25) is 0 Å². The molecule has 0 unspecified atom stereocenters. The van der Waals surface area contributed by atoms with E-state index in [1.165, 1.54) is 18.5 Å². The van der Waals surface area contributed by atoms with Crippen molar-refractivity contribution in [3.05, 3.63) is 29.0 Å². The second-order valence-electron chi connectivity index (χ2n) is 6.92. The summed E-state index contributed by atoms with van der Waals surface area (Å²) in [6.07, 6.45) is 0.0478. The number of halogens is 2. The number of thiazole rings is 1. The number of aliphatic hydroxyl groups excluding tert-OH is 1. The predicted molar refractivity (Wildman–Crippen MR) is 97.7 cm³/mol. The molecule has 0 aliphatic rings. The number of amides is 1. The van der Waals surface area contributed by atoms with E-state index in [-0.39, 0.29) is 28.3 Å². The van der Waals surface area contributed by atoms with E-state index in [0.29, 0.717) is 10.7 Å². The van der Waals surface area contributed by atoms with Crippen LogP contribution in [-0.4, -0.2) is 39.2 Å². The Morgan fingerprint density at radius 1 is 1.31 bits per heavy atom. The summed E-state index contributed by atoms with van der Waals surface area (Å²) in [4.78, 5) is 20.7. The molecule has 0 spiro atoms. The smallest absolute Gasteiger partial charge is 0.280 e. The molecule has 3 N–H and O–H groups in total. The van der Waals surface area contributed by atoms with Crippen LogP contribution in [0.1, 0.15) is 49.5 Å². The molecule has 0 aliphatic carbocycles. The fourth-order valence-corrected chi connectivity index (χ4v) is 3.00. The van der Waals surface area contributed by atoms with E-state index in [1.54, 1.807) is 6.92 Å². The molecule has 2 aromatic rings. The Morgan fingerprint density at radius 3 is 2.58 bits per heavy atom. The molecule has 0 radical (unpaired) electrons. The lowest BCUT2D eigenvalue weighted by molar-refractivity contribution is 0.0922. The van der Waals surface area contributed by atoms with Gasteiger partial charge in [0.1, 0.15) is 5.82 Å². The number of hydrogen-bond acceptors (Lipinski definition) is 6. The summed E-state index contributed by atoms with van der Waals surface area (Å²) < 4.78 is 27.1. The van der Waals surface area contributed by atoms with E-state index in [4.69, 9.17) is 5.11 Å². The van der Waals surface area contributed by atoms with E-state index >= 15 is 0 Å². The first-order valence-corrected chi connectivity index (χ1v) is 8.86. The van der Waals surface area contributed by atoms with Crippen LogP contribution < -0.4 is 10.6 Å². The van der Waals surface area contributed by atoms with E-state index in [9.17, 15) is 13.6 Å². The lowest BCUT2D eigenvalue weighted by atomic mass is 10.1. The summed E-state index contributed by atoms with van der Waals surface area (Å²) in [5.41, 5.74) is -0.246. The summed E-state index contributed by atoms with van der Waals surface area (Å²) in [6, 6.07) is 0.898. The minimum Gasteiger partial charge on any atom is -0.394 e. The summed E-state index contributed by atoms with van der Waals surface area (Å²) in [5, 5.41) is 14.8. The van der Waals surface area contributed by atoms with Crippen LogP contribution >= 0.6 is 11.3 Å². The monoisotopic (exact) mass is 384 g/mol. The van der Waals surface area contributed by atoms with Crippen LogP contribution in [0.4, 0.5) is 14.6 Å². The maximum Gasteiger partial charge on any atom is 0.280 e. The number of pyridine rings is 1. The minimum atomic E-state index is -2.69. The number of nitrogens with zero attached hydrogens (tertiary/aromatic N) is 2. The molecule has 0 saturated carbocycles. The standard InChI is InChI=1S/C17H22F2N4O2S/c1-9(8-24)22-15(25)16-21-7-12(26-16)11-6-20-13(23-17(2,3)4)5-10(11)14(18)19/h5-7,9,14,24H,8H2,1-4H3,(H,20,23)(H,22,25)/t9-/m1/s1. The molecule has 142 valence electrons. The van der Waals surface area contributed by atoms with Crippen LogP contribution in [0.5, 0.6) is 0 Å². The van der Waals surface area contributed by atoms with Crippen molar-refractivity contribution in [3.8, 4) is 10.4 Å². The number of nitrogens with one attached hydrogen (secondary N) is 2. The fraction of sp³-hybridized carbons (Fsp3) is 0.471. The number of alkyl halides is 2. The molecule has 2 rings (SSSR count). The quantitative estimate of drug-likeness (QED) is 0.710. The van der Waals surface area contributed by atoms with Gasteiger partial charge in [0.05, 0.1) is 11.5 Å². The van der Waals surface area contributed by atoms with Gasteiger partial charge in [-0.05, 0) is 33.8 Å². The number of aliphatic hydroxyl groups is 1. The SMILES string of the molecule is C[C@H](CO)NC(=O)c1ncc(-c2cnc(NC(C)(C)C)cc2C(F)F)s1. The Bertz CT molecular complexity index is 774. The molecule has 1 atom stereocenters. The zero-order valence-corrected chi connectivity index (χ0v) is 15.8. The van der Waals surface area contributed by atoms with Gasteiger partial charge in [-0.3, -0.25) is 4.79 Å². The van der Waals surface area contributed by atoms with Gasteiger partial charge in [0.25, 0.3) is 12.3 Å². The summed E-state index contributed by atoms with van der Waals surface area (Å²) >= 11 is 0.999. The average Bonchev–Trinajstić information content (AvgIpc) is 3.03. The lowest BCUT2D eigenvalue weighted by Crippen LogP contribution is -2.34. The molecule has 0 aliphatic heterocycles. The third kappa shape index (κ3) is 5.18. The van der Waals surface area contributed by atoms with E-state index in [0.717, 1.165) is 11.3 Å². The predicted octanol–water partition coefficient (Wildman–Crippen LogP) is 3.46. The van der Waals surface area contributed by atoms with Crippen molar-refractivity contribution in [3.63, 3.8) is 0 Å². The molecule has 0 aromatic carbocycles. The Balaban J connectivity index is 2.32. The minimum absolute atomic E-state index is 0.136. The van der Waals surface area contributed by atoms with Gasteiger partial charge in [-0.25, -0.2) is 18.7 Å². The number of carbonyl (C=O) groups excluding carboxylic acids is 1. The first-order chi connectivity index (χ1) is 12.1. The molecule has 0 saturated heterocycles. The molecular weight excluding hydrogens is 362 g/mol. The number of aromatic nitrogens is 2. The van der Waals surface area contributed by atoms with E-state index in [2.05, 4.69) is 20.6 Å². The molecule has 0 bridgehead atoms. The number of carbonyl (C=O) groups is 1. The Labute approximate surface area is 154 Å². The second-order valence-corrected chi connectivity index (χ2v) is 7.95. The van der Waals surface area contributed by atoms with Crippen LogP contribution in [-0.2, 0) is 0 Å². The van der Waals surface area contributed by atoms with E-state index in [1.807, 2.05) is 20.8 Å².